The molecule has 2 fully saturated rings. The minimum absolute atomic E-state index is 0.0881. The Kier molecular flexibility index (Phi) is 10.3. The van der Waals surface area contributed by atoms with E-state index >= 15 is 0 Å². The summed E-state index contributed by atoms with van der Waals surface area (Å²) in [5.74, 6) is -0.655. The molecule has 2 aliphatic heterocycles. The lowest BCUT2D eigenvalue weighted by atomic mass is 9.96. The third kappa shape index (κ3) is 7.14. The number of carboxylic acid groups (broad SMARTS) is 1. The van der Waals surface area contributed by atoms with E-state index in [0.29, 0.717) is 84.1 Å². The van der Waals surface area contributed by atoms with Gasteiger partial charge in [0.25, 0.3) is 5.56 Å². The molecule has 5 aromatic rings. The van der Waals surface area contributed by atoms with Gasteiger partial charge in [-0.15, -0.1) is 0 Å². The predicted molar refractivity (Wildman–Crippen MR) is 201 cm³/mol. The number of benzene rings is 2. The van der Waals surface area contributed by atoms with Crippen LogP contribution in [0.4, 0.5) is 0 Å². The number of amides is 1. The van der Waals surface area contributed by atoms with Crippen LogP contribution in [0.2, 0.25) is 10.0 Å². The standard InChI is InChI=1S/C39H38Cl2N6O5/c1-22-15-25(16-33-43-18-26(38(49)47(22)33)21-46-14-13-24(20-46)39(50)51)28-5-3-6-29(35(28)40)30-7-4-8-31(36(30)41)32-11-9-23(37(45-32)52-2)17-42-19-27-10-12-34(48)44-27/h3-9,11,15-16,18,24,27,42H,10,12-14,17,19-21H2,1-2H3,(H,44,48)(H,50,51)/t24-,27+/m0/s1. The highest BCUT2D eigenvalue weighted by Gasteiger charge is 2.28. The second-order valence-electron chi connectivity index (χ2n) is 13.4. The van der Waals surface area contributed by atoms with Crippen LogP contribution in [0.15, 0.2) is 71.7 Å². The molecule has 3 aromatic heterocycles. The Labute approximate surface area is 310 Å². The molecule has 7 rings (SSSR count). The monoisotopic (exact) mass is 740 g/mol. The quantitative estimate of drug-likeness (QED) is 0.149. The van der Waals surface area contributed by atoms with Gasteiger partial charge in [-0.3, -0.25) is 23.7 Å². The molecule has 52 heavy (non-hydrogen) atoms. The molecule has 2 atom stereocenters. The van der Waals surface area contributed by atoms with E-state index in [0.717, 1.165) is 39.8 Å². The second kappa shape index (κ2) is 15.0. The number of hydrogen-bond donors (Lipinski definition) is 3. The molecule has 0 saturated carbocycles. The Morgan fingerprint density at radius 2 is 1.73 bits per heavy atom. The summed E-state index contributed by atoms with van der Waals surface area (Å²) < 4.78 is 7.23. The van der Waals surface area contributed by atoms with Gasteiger partial charge in [0.05, 0.1) is 34.3 Å². The zero-order chi connectivity index (χ0) is 36.5. The molecule has 2 saturated heterocycles. The van der Waals surface area contributed by atoms with Crippen LogP contribution in [0.1, 0.15) is 36.1 Å². The number of carboxylic acids is 1. The third-order valence-corrected chi connectivity index (χ3v) is 10.7. The Balaban J connectivity index is 1.15. The van der Waals surface area contributed by atoms with Crippen molar-refractivity contribution in [1.29, 1.82) is 0 Å². The average molecular weight is 742 g/mol. The molecule has 11 nitrogen and oxygen atoms in total. The van der Waals surface area contributed by atoms with E-state index in [1.165, 1.54) is 0 Å². The fourth-order valence-corrected chi connectivity index (χ4v) is 7.80. The van der Waals surface area contributed by atoms with Crippen molar-refractivity contribution in [2.45, 2.75) is 45.3 Å². The lowest BCUT2D eigenvalue weighted by Gasteiger charge is -2.17. The molecule has 5 heterocycles. The van der Waals surface area contributed by atoms with E-state index in [4.69, 9.17) is 32.9 Å². The number of halogens is 2. The van der Waals surface area contributed by atoms with Crippen molar-refractivity contribution < 1.29 is 19.4 Å². The number of nitrogens with zero attached hydrogens (tertiary/aromatic N) is 4. The van der Waals surface area contributed by atoms with Crippen LogP contribution < -0.4 is 20.9 Å². The van der Waals surface area contributed by atoms with Gasteiger partial charge in [-0.1, -0.05) is 65.7 Å². The summed E-state index contributed by atoms with van der Waals surface area (Å²) >= 11 is 14.3. The largest absolute Gasteiger partial charge is 0.481 e. The van der Waals surface area contributed by atoms with Gasteiger partial charge in [0.1, 0.15) is 5.65 Å². The van der Waals surface area contributed by atoms with Crippen molar-refractivity contribution in [3.63, 3.8) is 0 Å². The molecule has 268 valence electrons. The van der Waals surface area contributed by atoms with Crippen molar-refractivity contribution in [1.82, 2.24) is 29.9 Å². The molecule has 0 unspecified atom stereocenters. The van der Waals surface area contributed by atoms with Crippen LogP contribution in [-0.4, -0.2) is 69.0 Å². The van der Waals surface area contributed by atoms with E-state index in [9.17, 15) is 19.5 Å². The predicted octanol–water partition coefficient (Wildman–Crippen LogP) is 5.99. The molecule has 2 aromatic carbocycles. The molecule has 0 spiro atoms. The average Bonchev–Trinajstić information content (AvgIpc) is 3.78. The van der Waals surface area contributed by atoms with Gasteiger partial charge in [-0.2, -0.15) is 0 Å². The van der Waals surface area contributed by atoms with E-state index in [1.807, 2.05) is 72.5 Å². The lowest BCUT2D eigenvalue weighted by Crippen LogP contribution is -2.35. The van der Waals surface area contributed by atoms with Gasteiger partial charge >= 0.3 is 5.97 Å². The number of rotatable bonds is 11. The van der Waals surface area contributed by atoms with Gasteiger partial charge in [0.15, 0.2) is 0 Å². The fourth-order valence-electron chi connectivity index (χ4n) is 7.14. The van der Waals surface area contributed by atoms with Crippen LogP contribution in [-0.2, 0) is 22.7 Å². The van der Waals surface area contributed by atoms with Crippen molar-refractivity contribution in [3.8, 4) is 39.4 Å². The Hall–Kier alpha value is -4.81. The SMILES string of the molecule is COc1nc(-c2cccc(-c3cccc(-c4cc(C)n5c(=O)c(CN6CC[C@H](C(=O)O)C6)cnc5c4)c3Cl)c2Cl)ccc1CNC[C@H]1CCC(=O)N1. The van der Waals surface area contributed by atoms with Crippen LogP contribution in [0, 0.1) is 12.8 Å². The lowest BCUT2D eigenvalue weighted by molar-refractivity contribution is -0.141. The van der Waals surface area contributed by atoms with Crippen LogP contribution in [0.3, 0.4) is 0 Å². The number of likely N-dealkylation sites (tertiary alicyclic amines) is 1. The van der Waals surface area contributed by atoms with E-state index in [2.05, 4.69) is 15.6 Å². The van der Waals surface area contributed by atoms with Crippen molar-refractivity contribution in [2.75, 3.05) is 26.7 Å². The molecular formula is C39H38Cl2N6O5. The fraction of sp³-hybridized carbons (Fsp3) is 0.308. The maximum absolute atomic E-state index is 13.6. The topological polar surface area (TPSA) is 138 Å². The highest BCUT2D eigenvalue weighted by atomic mass is 35.5. The number of aromatic nitrogens is 3. The zero-order valence-corrected chi connectivity index (χ0v) is 30.3. The number of ether oxygens (including phenoxy) is 1. The first-order chi connectivity index (χ1) is 25.1. The molecule has 3 N–H and O–H groups in total. The first kappa shape index (κ1) is 35.6. The number of nitrogens with one attached hydrogen (secondary N) is 2. The van der Waals surface area contributed by atoms with Crippen LogP contribution in [0.5, 0.6) is 5.88 Å². The Morgan fingerprint density at radius 1 is 1.00 bits per heavy atom. The highest BCUT2D eigenvalue weighted by molar-refractivity contribution is 6.39. The van der Waals surface area contributed by atoms with Gasteiger partial charge in [-0.25, -0.2) is 9.97 Å². The first-order valence-electron chi connectivity index (χ1n) is 17.2. The summed E-state index contributed by atoms with van der Waals surface area (Å²) in [5.41, 5.74) is 6.81. The number of aryl methyl sites for hydroxylation is 1. The summed E-state index contributed by atoms with van der Waals surface area (Å²) in [4.78, 5) is 47.9. The number of aliphatic carboxylic acids is 1. The van der Waals surface area contributed by atoms with Gasteiger partial charge in [-0.05, 0) is 50.1 Å². The normalized spacial score (nSPS) is 17.5. The molecule has 13 heteroatoms. The summed E-state index contributed by atoms with van der Waals surface area (Å²) in [6.07, 6.45) is 3.53. The number of carbonyl (C=O) groups excluding carboxylic acids is 1. The number of carbonyl (C=O) groups is 2. The summed E-state index contributed by atoms with van der Waals surface area (Å²) in [6.45, 7) is 4.43. The summed E-state index contributed by atoms with van der Waals surface area (Å²) in [7, 11) is 1.59. The second-order valence-corrected chi connectivity index (χ2v) is 14.1. The summed E-state index contributed by atoms with van der Waals surface area (Å²) in [6, 6.07) is 19.3. The molecule has 0 aliphatic carbocycles. The van der Waals surface area contributed by atoms with Crippen molar-refractivity contribution in [2.24, 2.45) is 5.92 Å². The maximum Gasteiger partial charge on any atom is 0.307 e. The number of hydrogen-bond acceptors (Lipinski definition) is 8. The van der Waals surface area contributed by atoms with Crippen LogP contribution in [0.25, 0.3) is 39.2 Å². The molecule has 2 aliphatic rings. The third-order valence-electron chi connectivity index (χ3n) is 9.87. The first-order valence-corrected chi connectivity index (χ1v) is 18.0. The Morgan fingerprint density at radius 3 is 2.42 bits per heavy atom. The number of fused-ring (bicyclic) bond motifs is 1. The van der Waals surface area contributed by atoms with E-state index < -0.39 is 11.9 Å². The molecule has 0 radical (unpaired) electrons. The van der Waals surface area contributed by atoms with Gasteiger partial charge < -0.3 is 20.5 Å². The molecule has 1 amide bonds. The van der Waals surface area contributed by atoms with Crippen LogP contribution >= 0.6 is 23.2 Å². The summed E-state index contributed by atoms with van der Waals surface area (Å²) in [5, 5.41) is 16.7. The minimum atomic E-state index is -0.807. The van der Waals surface area contributed by atoms with E-state index in [-0.39, 0.29) is 17.5 Å². The molecular weight excluding hydrogens is 703 g/mol. The zero-order valence-electron chi connectivity index (χ0n) is 28.8. The maximum atomic E-state index is 13.6. The number of methoxy groups -OCH3 is 1. The molecule has 0 bridgehead atoms. The smallest absolute Gasteiger partial charge is 0.307 e. The minimum Gasteiger partial charge on any atom is -0.481 e. The Bertz CT molecular complexity index is 2260. The highest BCUT2D eigenvalue weighted by Crippen LogP contribution is 2.42. The number of pyridine rings is 2. The van der Waals surface area contributed by atoms with Crippen molar-refractivity contribution >= 4 is 40.7 Å². The van der Waals surface area contributed by atoms with Gasteiger partial charge in [0.2, 0.25) is 11.8 Å². The van der Waals surface area contributed by atoms with E-state index in [1.54, 1.807) is 17.7 Å². The van der Waals surface area contributed by atoms with Gasteiger partial charge in [0, 0.05) is 78.3 Å². The van der Waals surface area contributed by atoms with Crippen molar-refractivity contribution in [3.05, 3.63) is 104 Å².